The standard InChI is InChI=1S/C4H10N2O.BrH/c7-6-4-1-2-5-3-4;/h4-7H,1-3H2;1H/t4-;/m1./s1. The van der Waals surface area contributed by atoms with Crippen LogP contribution in [0.4, 0.5) is 0 Å². The van der Waals surface area contributed by atoms with Crippen molar-refractivity contribution in [2.75, 3.05) is 13.1 Å². The molecule has 1 fully saturated rings. The molecule has 0 aromatic rings. The zero-order valence-electron chi connectivity index (χ0n) is 4.55. The number of hydroxylamine groups is 1. The number of hydrogen-bond donors (Lipinski definition) is 3. The van der Waals surface area contributed by atoms with Crippen LogP contribution in [0.5, 0.6) is 0 Å². The maximum absolute atomic E-state index is 8.28. The summed E-state index contributed by atoms with van der Waals surface area (Å²) in [4.78, 5) is 0. The van der Waals surface area contributed by atoms with Crippen LogP contribution in [-0.2, 0) is 0 Å². The van der Waals surface area contributed by atoms with E-state index in [0.29, 0.717) is 6.04 Å². The lowest BCUT2D eigenvalue weighted by Crippen LogP contribution is -2.27. The minimum Gasteiger partial charge on any atom is -0.316 e. The van der Waals surface area contributed by atoms with Crippen LogP contribution in [0.2, 0.25) is 0 Å². The molecule has 1 saturated heterocycles. The van der Waals surface area contributed by atoms with E-state index >= 15 is 0 Å². The molecule has 0 aliphatic carbocycles. The van der Waals surface area contributed by atoms with Crippen molar-refractivity contribution >= 4 is 17.0 Å². The first-order valence-corrected chi connectivity index (χ1v) is 2.54. The van der Waals surface area contributed by atoms with E-state index in [1.54, 1.807) is 0 Å². The second kappa shape index (κ2) is 4.26. The van der Waals surface area contributed by atoms with Crippen LogP contribution in [0.15, 0.2) is 0 Å². The van der Waals surface area contributed by atoms with Gasteiger partial charge in [0, 0.05) is 12.6 Å². The molecule has 1 aliphatic rings. The Labute approximate surface area is 59.2 Å². The second-order valence-electron chi connectivity index (χ2n) is 1.82. The molecule has 0 spiro atoms. The van der Waals surface area contributed by atoms with Crippen molar-refractivity contribution in [3.63, 3.8) is 0 Å². The van der Waals surface area contributed by atoms with E-state index in [0.717, 1.165) is 19.5 Å². The van der Waals surface area contributed by atoms with Crippen LogP contribution in [0.25, 0.3) is 0 Å². The largest absolute Gasteiger partial charge is 0.316 e. The fourth-order valence-corrected chi connectivity index (χ4v) is 0.765. The summed E-state index contributed by atoms with van der Waals surface area (Å²) in [5.41, 5.74) is 2.20. The van der Waals surface area contributed by atoms with Gasteiger partial charge in [0.25, 0.3) is 0 Å². The zero-order chi connectivity index (χ0) is 5.11. The first kappa shape index (κ1) is 8.36. The summed E-state index contributed by atoms with van der Waals surface area (Å²) < 4.78 is 0. The van der Waals surface area contributed by atoms with Gasteiger partial charge in [-0.25, -0.2) is 5.48 Å². The molecule has 50 valence electrons. The summed E-state index contributed by atoms with van der Waals surface area (Å²) in [6.45, 7) is 1.93. The number of nitrogens with one attached hydrogen (secondary N) is 2. The molecule has 3 N–H and O–H groups in total. The average Bonchev–Trinajstić information content (AvgIpc) is 2.14. The molecule has 0 radical (unpaired) electrons. The molecule has 1 rings (SSSR count). The van der Waals surface area contributed by atoms with Crippen LogP contribution < -0.4 is 10.8 Å². The molecular weight excluding hydrogens is 172 g/mol. The first-order chi connectivity index (χ1) is 3.43. The predicted octanol–water partition coefficient (Wildman–Crippen LogP) is -0.0950. The lowest BCUT2D eigenvalue weighted by molar-refractivity contribution is 0.133. The van der Waals surface area contributed by atoms with Crippen LogP contribution in [0.1, 0.15) is 6.42 Å². The van der Waals surface area contributed by atoms with Crippen molar-refractivity contribution < 1.29 is 5.21 Å². The molecule has 4 heteroatoms. The summed E-state index contributed by atoms with van der Waals surface area (Å²) >= 11 is 0. The Bertz CT molecular complexity index is 56.0. The predicted molar refractivity (Wildman–Crippen MR) is 36.5 cm³/mol. The third-order valence-electron chi connectivity index (χ3n) is 1.24. The molecule has 1 atom stereocenters. The molecule has 1 heterocycles. The second-order valence-corrected chi connectivity index (χ2v) is 1.82. The van der Waals surface area contributed by atoms with Crippen molar-refractivity contribution in [3.05, 3.63) is 0 Å². The molecule has 0 saturated carbocycles. The van der Waals surface area contributed by atoms with Gasteiger partial charge in [-0.3, -0.25) is 0 Å². The number of rotatable bonds is 1. The van der Waals surface area contributed by atoms with Crippen molar-refractivity contribution in [2.24, 2.45) is 0 Å². The SMILES string of the molecule is Br.ON[C@@H]1CCNC1. The van der Waals surface area contributed by atoms with Crippen molar-refractivity contribution in [2.45, 2.75) is 12.5 Å². The Hall–Kier alpha value is 0.360. The topological polar surface area (TPSA) is 44.3 Å². The number of hydrogen-bond acceptors (Lipinski definition) is 3. The molecular formula is C4H11BrN2O. The third kappa shape index (κ3) is 2.09. The smallest absolute Gasteiger partial charge is 0.0456 e. The highest BCUT2D eigenvalue weighted by atomic mass is 79.9. The molecule has 0 unspecified atom stereocenters. The van der Waals surface area contributed by atoms with Crippen molar-refractivity contribution in [1.29, 1.82) is 0 Å². The van der Waals surface area contributed by atoms with Crippen molar-refractivity contribution in [3.8, 4) is 0 Å². The van der Waals surface area contributed by atoms with Gasteiger partial charge < -0.3 is 10.5 Å². The van der Waals surface area contributed by atoms with E-state index in [2.05, 4.69) is 10.8 Å². The summed E-state index contributed by atoms with van der Waals surface area (Å²) in [5, 5.41) is 11.4. The Morgan fingerprint density at radius 2 is 2.38 bits per heavy atom. The van der Waals surface area contributed by atoms with E-state index in [9.17, 15) is 0 Å². The molecule has 8 heavy (non-hydrogen) atoms. The molecule has 0 aromatic carbocycles. The maximum Gasteiger partial charge on any atom is 0.0456 e. The zero-order valence-corrected chi connectivity index (χ0v) is 6.27. The van der Waals surface area contributed by atoms with Gasteiger partial charge in [0.15, 0.2) is 0 Å². The quantitative estimate of drug-likeness (QED) is 0.497. The minimum absolute atomic E-state index is 0. The first-order valence-electron chi connectivity index (χ1n) is 2.54. The van der Waals surface area contributed by atoms with Gasteiger partial charge in [-0.1, -0.05) is 0 Å². The Morgan fingerprint density at radius 3 is 2.62 bits per heavy atom. The molecule has 0 amide bonds. The molecule has 0 bridgehead atoms. The van der Waals surface area contributed by atoms with Crippen LogP contribution in [0, 0.1) is 0 Å². The van der Waals surface area contributed by atoms with E-state index in [-0.39, 0.29) is 17.0 Å². The minimum atomic E-state index is 0. The van der Waals surface area contributed by atoms with E-state index in [4.69, 9.17) is 5.21 Å². The van der Waals surface area contributed by atoms with Gasteiger partial charge in [0.1, 0.15) is 0 Å². The Morgan fingerprint density at radius 1 is 1.62 bits per heavy atom. The van der Waals surface area contributed by atoms with Crippen LogP contribution in [0.3, 0.4) is 0 Å². The fraction of sp³-hybridized carbons (Fsp3) is 1.00. The lowest BCUT2D eigenvalue weighted by Gasteiger charge is -2.00. The van der Waals surface area contributed by atoms with Gasteiger partial charge in [-0.15, -0.1) is 17.0 Å². The summed E-state index contributed by atoms with van der Waals surface area (Å²) in [6.07, 6.45) is 1.04. The van der Waals surface area contributed by atoms with Crippen LogP contribution in [-0.4, -0.2) is 24.3 Å². The van der Waals surface area contributed by atoms with Crippen molar-refractivity contribution in [1.82, 2.24) is 10.8 Å². The van der Waals surface area contributed by atoms with Gasteiger partial charge in [0.2, 0.25) is 0 Å². The van der Waals surface area contributed by atoms with Gasteiger partial charge in [-0.2, -0.15) is 0 Å². The third-order valence-corrected chi connectivity index (χ3v) is 1.24. The van der Waals surface area contributed by atoms with Gasteiger partial charge >= 0.3 is 0 Å². The van der Waals surface area contributed by atoms with Gasteiger partial charge in [-0.05, 0) is 13.0 Å². The van der Waals surface area contributed by atoms with E-state index in [1.807, 2.05) is 0 Å². The lowest BCUT2D eigenvalue weighted by atomic mass is 10.3. The Kier molecular flexibility index (Phi) is 4.45. The maximum atomic E-state index is 8.28. The normalized spacial score (nSPS) is 27.4. The molecule has 1 aliphatic heterocycles. The van der Waals surface area contributed by atoms with Gasteiger partial charge in [0.05, 0.1) is 0 Å². The summed E-state index contributed by atoms with van der Waals surface area (Å²) in [7, 11) is 0. The fourth-order valence-electron chi connectivity index (χ4n) is 0.765. The highest BCUT2D eigenvalue weighted by Gasteiger charge is 2.11. The number of halogens is 1. The molecule has 0 aromatic heterocycles. The monoisotopic (exact) mass is 182 g/mol. The average molecular weight is 183 g/mol. The highest BCUT2D eigenvalue weighted by molar-refractivity contribution is 8.93. The molecule has 3 nitrogen and oxygen atoms in total. The Balaban J connectivity index is 0.000000490. The van der Waals surface area contributed by atoms with E-state index < -0.39 is 0 Å². The van der Waals surface area contributed by atoms with E-state index in [1.165, 1.54) is 0 Å². The van der Waals surface area contributed by atoms with Crippen LogP contribution >= 0.6 is 17.0 Å². The summed E-state index contributed by atoms with van der Waals surface area (Å²) in [6, 6.07) is 0.292. The highest BCUT2D eigenvalue weighted by Crippen LogP contribution is 1.93. The summed E-state index contributed by atoms with van der Waals surface area (Å²) in [5.74, 6) is 0.